The number of carbonyl (C=O) groups excluding carboxylic acids is 1. The summed E-state index contributed by atoms with van der Waals surface area (Å²) < 4.78 is 54.0. The van der Waals surface area contributed by atoms with Gasteiger partial charge < -0.3 is 4.90 Å². The highest BCUT2D eigenvalue weighted by Crippen LogP contribution is 2.31. The van der Waals surface area contributed by atoms with E-state index in [0.717, 1.165) is 40.5 Å². The molecule has 2 aromatic carbocycles. The van der Waals surface area contributed by atoms with Gasteiger partial charge in [-0.1, -0.05) is 18.2 Å². The van der Waals surface area contributed by atoms with Gasteiger partial charge in [-0.2, -0.15) is 4.31 Å². The fourth-order valence-electron chi connectivity index (χ4n) is 4.14. The Labute approximate surface area is 169 Å². The molecule has 0 bridgehead atoms. The molecule has 0 saturated carbocycles. The third kappa shape index (κ3) is 3.79. The first-order chi connectivity index (χ1) is 13.9. The van der Waals surface area contributed by atoms with Crippen molar-refractivity contribution in [2.24, 2.45) is 5.92 Å². The van der Waals surface area contributed by atoms with E-state index in [-0.39, 0.29) is 24.9 Å². The molecule has 0 spiro atoms. The number of rotatable bonds is 3. The van der Waals surface area contributed by atoms with E-state index in [1.165, 1.54) is 0 Å². The van der Waals surface area contributed by atoms with Crippen LogP contribution in [0.5, 0.6) is 0 Å². The first-order valence-corrected chi connectivity index (χ1v) is 11.2. The zero-order valence-corrected chi connectivity index (χ0v) is 16.7. The first kappa shape index (κ1) is 20.0. The van der Waals surface area contributed by atoms with Crippen LogP contribution in [0.1, 0.15) is 24.8 Å². The normalized spacial score (nSPS) is 18.5. The topological polar surface area (TPSA) is 57.7 Å². The predicted molar refractivity (Wildman–Crippen MR) is 105 cm³/mol. The average molecular weight is 420 g/mol. The standard InChI is InChI=1S/C21H22F2N2O3S/c22-17-7-8-18(23)20(14-17)29(27,28)24-12-9-16(10-13-24)21(26)25-11-3-5-15-4-1-2-6-19(15)25/h1-2,4,6-8,14,16H,3,5,9-13H2. The van der Waals surface area contributed by atoms with Gasteiger partial charge in [0.1, 0.15) is 16.5 Å². The Morgan fingerprint density at radius 1 is 1.00 bits per heavy atom. The highest BCUT2D eigenvalue weighted by Gasteiger charge is 2.36. The highest BCUT2D eigenvalue weighted by molar-refractivity contribution is 7.89. The van der Waals surface area contributed by atoms with Gasteiger partial charge in [-0.3, -0.25) is 4.79 Å². The van der Waals surface area contributed by atoms with Crippen LogP contribution in [0, 0.1) is 17.6 Å². The summed E-state index contributed by atoms with van der Waals surface area (Å²) in [6, 6.07) is 10.2. The van der Waals surface area contributed by atoms with Crippen LogP contribution in [0.4, 0.5) is 14.5 Å². The summed E-state index contributed by atoms with van der Waals surface area (Å²) in [5, 5.41) is 0. The van der Waals surface area contributed by atoms with Crippen molar-refractivity contribution in [3.05, 3.63) is 59.7 Å². The third-order valence-electron chi connectivity index (χ3n) is 5.69. The van der Waals surface area contributed by atoms with Gasteiger partial charge in [0.05, 0.1) is 0 Å². The van der Waals surface area contributed by atoms with Gasteiger partial charge >= 0.3 is 0 Å². The first-order valence-electron chi connectivity index (χ1n) is 9.72. The molecule has 0 atom stereocenters. The molecule has 0 aliphatic carbocycles. The molecule has 0 unspecified atom stereocenters. The number of para-hydroxylation sites is 1. The van der Waals surface area contributed by atoms with E-state index < -0.39 is 26.6 Å². The maximum absolute atomic E-state index is 14.0. The average Bonchev–Trinajstić information content (AvgIpc) is 2.74. The van der Waals surface area contributed by atoms with Crippen LogP contribution in [0.3, 0.4) is 0 Å². The van der Waals surface area contributed by atoms with Crippen LogP contribution in [0.25, 0.3) is 0 Å². The number of hydrogen-bond acceptors (Lipinski definition) is 3. The van der Waals surface area contributed by atoms with E-state index in [0.29, 0.717) is 25.5 Å². The molecule has 2 heterocycles. The number of fused-ring (bicyclic) bond motifs is 1. The number of amides is 1. The van der Waals surface area contributed by atoms with Crippen molar-refractivity contribution in [2.75, 3.05) is 24.5 Å². The van der Waals surface area contributed by atoms with Gasteiger partial charge in [-0.25, -0.2) is 17.2 Å². The lowest BCUT2D eigenvalue weighted by molar-refractivity contribution is -0.123. The summed E-state index contributed by atoms with van der Waals surface area (Å²) in [5.41, 5.74) is 2.08. The Morgan fingerprint density at radius 3 is 2.48 bits per heavy atom. The lowest BCUT2D eigenvalue weighted by atomic mass is 9.94. The monoisotopic (exact) mass is 420 g/mol. The van der Waals surface area contributed by atoms with E-state index in [2.05, 4.69) is 0 Å². The molecule has 2 aliphatic rings. The molecule has 29 heavy (non-hydrogen) atoms. The fourth-order valence-corrected chi connectivity index (χ4v) is 5.69. The van der Waals surface area contributed by atoms with Crippen molar-refractivity contribution in [3.8, 4) is 0 Å². The molecule has 2 aliphatic heterocycles. The third-order valence-corrected chi connectivity index (χ3v) is 7.60. The van der Waals surface area contributed by atoms with E-state index in [1.54, 1.807) is 4.90 Å². The second-order valence-corrected chi connectivity index (χ2v) is 9.38. The Kier molecular flexibility index (Phi) is 5.40. The van der Waals surface area contributed by atoms with Crippen molar-refractivity contribution in [3.63, 3.8) is 0 Å². The molecule has 1 fully saturated rings. The maximum Gasteiger partial charge on any atom is 0.246 e. The number of aryl methyl sites for hydroxylation is 1. The molecule has 8 heteroatoms. The molecule has 2 aromatic rings. The summed E-state index contributed by atoms with van der Waals surface area (Å²) >= 11 is 0. The van der Waals surface area contributed by atoms with Crippen molar-refractivity contribution < 1.29 is 22.0 Å². The molecular formula is C21H22F2N2O3S. The minimum Gasteiger partial charge on any atom is -0.312 e. The number of benzene rings is 2. The molecule has 0 aromatic heterocycles. The van der Waals surface area contributed by atoms with Crippen LogP contribution < -0.4 is 4.90 Å². The van der Waals surface area contributed by atoms with E-state index >= 15 is 0 Å². The number of hydrogen-bond donors (Lipinski definition) is 0. The van der Waals surface area contributed by atoms with Gasteiger partial charge in [0, 0.05) is 31.2 Å². The van der Waals surface area contributed by atoms with Gasteiger partial charge in [0.2, 0.25) is 15.9 Å². The fraction of sp³-hybridized carbons (Fsp3) is 0.381. The van der Waals surface area contributed by atoms with Crippen molar-refractivity contribution >= 4 is 21.6 Å². The Bertz CT molecular complexity index is 1030. The molecule has 1 saturated heterocycles. The highest BCUT2D eigenvalue weighted by atomic mass is 32.2. The number of halogens is 2. The van der Waals surface area contributed by atoms with E-state index in [4.69, 9.17) is 0 Å². The van der Waals surface area contributed by atoms with Gasteiger partial charge in [0.25, 0.3) is 0 Å². The number of sulfonamides is 1. The number of anilines is 1. The smallest absolute Gasteiger partial charge is 0.246 e. The molecule has 0 N–H and O–H groups in total. The maximum atomic E-state index is 14.0. The largest absolute Gasteiger partial charge is 0.312 e. The summed E-state index contributed by atoms with van der Waals surface area (Å²) in [6.45, 7) is 0.858. The molecule has 1 amide bonds. The molecule has 0 radical (unpaired) electrons. The number of nitrogens with zero attached hydrogens (tertiary/aromatic N) is 2. The summed E-state index contributed by atoms with van der Waals surface area (Å²) in [7, 11) is -4.14. The van der Waals surface area contributed by atoms with Crippen molar-refractivity contribution in [1.82, 2.24) is 4.31 Å². The Morgan fingerprint density at radius 2 is 1.72 bits per heavy atom. The van der Waals surface area contributed by atoms with Crippen LogP contribution in [-0.2, 0) is 21.2 Å². The van der Waals surface area contributed by atoms with Crippen LogP contribution in [-0.4, -0.2) is 38.3 Å². The molecule has 154 valence electrons. The molecule has 5 nitrogen and oxygen atoms in total. The van der Waals surface area contributed by atoms with Crippen LogP contribution in [0.15, 0.2) is 47.4 Å². The molecular weight excluding hydrogens is 398 g/mol. The van der Waals surface area contributed by atoms with Crippen LogP contribution in [0.2, 0.25) is 0 Å². The minimum atomic E-state index is -4.14. The SMILES string of the molecule is O=C(C1CCN(S(=O)(=O)c2cc(F)ccc2F)CC1)N1CCCc2ccccc21. The zero-order chi connectivity index (χ0) is 20.6. The van der Waals surface area contributed by atoms with Crippen LogP contribution >= 0.6 is 0 Å². The van der Waals surface area contributed by atoms with Crippen molar-refractivity contribution in [1.29, 1.82) is 0 Å². The van der Waals surface area contributed by atoms with Gasteiger partial charge in [0.15, 0.2) is 0 Å². The summed E-state index contributed by atoms with van der Waals surface area (Å²) in [5.74, 6) is -2.07. The Balaban J connectivity index is 1.47. The van der Waals surface area contributed by atoms with Gasteiger partial charge in [-0.15, -0.1) is 0 Å². The minimum absolute atomic E-state index is 0.00568. The van der Waals surface area contributed by atoms with Gasteiger partial charge in [-0.05, 0) is 55.5 Å². The summed E-state index contributed by atoms with van der Waals surface area (Å²) in [4.78, 5) is 14.2. The lowest BCUT2D eigenvalue weighted by Gasteiger charge is -2.36. The summed E-state index contributed by atoms with van der Waals surface area (Å²) in [6.07, 6.45) is 2.55. The quantitative estimate of drug-likeness (QED) is 0.765. The predicted octanol–water partition coefficient (Wildman–Crippen LogP) is 3.34. The zero-order valence-electron chi connectivity index (χ0n) is 15.9. The Hall–Kier alpha value is -2.32. The molecule has 4 rings (SSSR count). The van der Waals surface area contributed by atoms with E-state index in [1.807, 2.05) is 24.3 Å². The lowest BCUT2D eigenvalue weighted by Crippen LogP contribution is -2.45. The second-order valence-electron chi connectivity index (χ2n) is 7.48. The number of piperidine rings is 1. The second kappa shape index (κ2) is 7.84. The number of carbonyl (C=O) groups is 1. The van der Waals surface area contributed by atoms with Crippen molar-refractivity contribution in [2.45, 2.75) is 30.6 Å². The van der Waals surface area contributed by atoms with E-state index in [9.17, 15) is 22.0 Å².